The maximum atomic E-state index is 4.12. The van der Waals surface area contributed by atoms with Crippen LogP contribution in [0.1, 0.15) is 25.0 Å². The smallest absolute Gasteiger partial charge is 0.0437 e. The molecule has 5 aromatic carbocycles. The van der Waals surface area contributed by atoms with Gasteiger partial charge in [0.05, 0.1) is 0 Å². The molecule has 6 aromatic rings. The normalized spacial score (nSPS) is 15.9. The molecule has 0 atom stereocenters. The molecule has 0 spiro atoms. The van der Waals surface area contributed by atoms with Crippen LogP contribution in [0, 0.1) is 0 Å². The molecule has 1 aliphatic carbocycles. The lowest BCUT2D eigenvalue weighted by Gasteiger charge is -2.27. The molecule has 0 fully saturated rings. The molecule has 1 aliphatic rings. The molecule has 0 aliphatic heterocycles. The van der Waals surface area contributed by atoms with E-state index in [-0.39, 0.29) is 5.41 Å². The molecule has 0 radical (unpaired) electrons. The average molecular weight is 560 g/mol. The maximum absolute atomic E-state index is 4.12. The highest BCUT2D eigenvalue weighted by Crippen LogP contribution is 2.54. The highest BCUT2D eigenvalue weighted by molar-refractivity contribution is 7.26. The molecule has 42 heavy (non-hydrogen) atoms. The van der Waals surface area contributed by atoms with Gasteiger partial charge >= 0.3 is 0 Å². The number of allylic oxidation sites excluding steroid dienone is 4. The van der Waals surface area contributed by atoms with Crippen LogP contribution in [0.15, 0.2) is 152 Å². The summed E-state index contributed by atoms with van der Waals surface area (Å²) in [7, 11) is 0. The number of fused-ring (bicyclic) bond motifs is 5. The van der Waals surface area contributed by atoms with Crippen LogP contribution in [0.4, 0.5) is 11.4 Å². The van der Waals surface area contributed by atoms with E-state index in [0.717, 1.165) is 6.54 Å². The van der Waals surface area contributed by atoms with Crippen molar-refractivity contribution in [2.24, 2.45) is 0 Å². The summed E-state index contributed by atoms with van der Waals surface area (Å²) >= 11 is 1.90. The van der Waals surface area contributed by atoms with Crippen LogP contribution in [-0.4, -0.2) is 6.54 Å². The van der Waals surface area contributed by atoms with Gasteiger partial charge in [0, 0.05) is 49.1 Å². The Morgan fingerprint density at radius 1 is 0.690 bits per heavy atom. The van der Waals surface area contributed by atoms with Crippen LogP contribution in [0.3, 0.4) is 0 Å². The topological polar surface area (TPSA) is 3.24 Å². The second-order valence-electron chi connectivity index (χ2n) is 11.4. The molecular weight excluding hydrogens is 527 g/mol. The van der Waals surface area contributed by atoms with Crippen LogP contribution in [0.2, 0.25) is 0 Å². The minimum atomic E-state index is -0.131. The third-order valence-electron chi connectivity index (χ3n) is 8.57. The molecule has 0 amide bonds. The number of nitrogens with zero attached hydrogens (tertiary/aromatic N) is 1. The molecule has 0 saturated heterocycles. The van der Waals surface area contributed by atoms with Crippen molar-refractivity contribution >= 4 is 48.5 Å². The predicted octanol–water partition coefficient (Wildman–Crippen LogP) is 11.3. The number of hydrogen-bond donors (Lipinski definition) is 0. The minimum Gasteiger partial charge on any atom is -0.338 e. The first-order valence-electron chi connectivity index (χ1n) is 14.5. The third-order valence-corrected chi connectivity index (χ3v) is 9.77. The summed E-state index contributed by atoms with van der Waals surface area (Å²) in [5.41, 5.74) is 10.1. The first-order valence-corrected chi connectivity index (χ1v) is 15.3. The number of hydrogen-bond acceptors (Lipinski definition) is 2. The van der Waals surface area contributed by atoms with Crippen LogP contribution in [0.5, 0.6) is 0 Å². The van der Waals surface area contributed by atoms with Crippen molar-refractivity contribution in [2.75, 3.05) is 11.4 Å². The zero-order valence-electron chi connectivity index (χ0n) is 24.0. The molecule has 0 saturated carbocycles. The molecule has 204 valence electrons. The van der Waals surface area contributed by atoms with Gasteiger partial charge in [-0.25, -0.2) is 0 Å². The zero-order valence-corrected chi connectivity index (χ0v) is 24.9. The number of anilines is 2. The molecule has 0 unspecified atom stereocenters. The quantitative estimate of drug-likeness (QED) is 0.196. The van der Waals surface area contributed by atoms with Gasteiger partial charge in [-0.05, 0) is 58.2 Å². The Morgan fingerprint density at radius 2 is 1.33 bits per heavy atom. The molecular formula is C40H33NS. The Bertz CT molecular complexity index is 1970. The highest BCUT2D eigenvalue weighted by atomic mass is 32.1. The maximum Gasteiger partial charge on any atom is 0.0437 e. The summed E-state index contributed by atoms with van der Waals surface area (Å²) in [5, 5.41) is 2.67. The summed E-state index contributed by atoms with van der Waals surface area (Å²) < 4.78 is 2.71. The Kier molecular flexibility index (Phi) is 6.64. The average Bonchev–Trinajstić information content (AvgIpc) is 3.51. The Labute approximate surface area is 252 Å². The van der Waals surface area contributed by atoms with Crippen molar-refractivity contribution in [3.8, 4) is 11.1 Å². The first kappa shape index (κ1) is 26.3. The van der Waals surface area contributed by atoms with Crippen molar-refractivity contribution in [1.29, 1.82) is 0 Å². The largest absolute Gasteiger partial charge is 0.338 e. The minimum absolute atomic E-state index is 0.131. The zero-order chi connectivity index (χ0) is 28.7. The van der Waals surface area contributed by atoms with Gasteiger partial charge in [-0.15, -0.1) is 11.3 Å². The molecule has 0 N–H and O–H groups in total. The van der Waals surface area contributed by atoms with Crippen LogP contribution >= 0.6 is 11.3 Å². The molecule has 7 rings (SSSR count). The number of para-hydroxylation sites is 1. The van der Waals surface area contributed by atoms with E-state index in [1.54, 1.807) is 0 Å². The monoisotopic (exact) mass is 559 g/mol. The van der Waals surface area contributed by atoms with E-state index in [2.05, 4.69) is 159 Å². The third kappa shape index (κ3) is 4.40. The highest BCUT2D eigenvalue weighted by Gasteiger charge is 2.39. The lowest BCUT2D eigenvalue weighted by Crippen LogP contribution is -2.20. The molecule has 0 bridgehead atoms. The van der Waals surface area contributed by atoms with E-state index in [1.165, 1.54) is 64.9 Å². The second kappa shape index (κ2) is 10.6. The van der Waals surface area contributed by atoms with Crippen molar-refractivity contribution in [3.63, 3.8) is 0 Å². The number of rotatable bonds is 6. The fourth-order valence-electron chi connectivity index (χ4n) is 6.46. The van der Waals surface area contributed by atoms with Crippen molar-refractivity contribution in [3.05, 3.63) is 163 Å². The summed E-state index contributed by atoms with van der Waals surface area (Å²) in [6, 6.07) is 43.6. The van der Waals surface area contributed by atoms with Gasteiger partial charge in [-0.1, -0.05) is 130 Å². The second-order valence-corrected chi connectivity index (χ2v) is 12.4. The van der Waals surface area contributed by atoms with E-state index in [4.69, 9.17) is 0 Å². The lowest BCUT2D eigenvalue weighted by atomic mass is 9.82. The van der Waals surface area contributed by atoms with Gasteiger partial charge in [0.15, 0.2) is 0 Å². The van der Waals surface area contributed by atoms with Crippen molar-refractivity contribution < 1.29 is 0 Å². The summed E-state index contributed by atoms with van der Waals surface area (Å²) in [4.78, 5) is 2.40. The van der Waals surface area contributed by atoms with Crippen LogP contribution in [-0.2, 0) is 5.41 Å². The number of benzene rings is 5. The standard InChI is InChI=1S/C40H33NS/c1-4-13-34-35(40(2,3)36-25-24-33-32-18-11-12-19-37(32)42-39(33)38(34)36)26-27-41(30-16-9-6-10-17-30)31-22-20-29(21-23-31)28-14-7-5-8-15-28/h4-26H,1,27H2,2-3H3/b34-13+,35-26+. The summed E-state index contributed by atoms with van der Waals surface area (Å²) in [6.07, 6.45) is 6.59. The van der Waals surface area contributed by atoms with E-state index in [1.807, 2.05) is 17.4 Å². The van der Waals surface area contributed by atoms with E-state index >= 15 is 0 Å². The lowest BCUT2D eigenvalue weighted by molar-refractivity contribution is 0.659. The van der Waals surface area contributed by atoms with Gasteiger partial charge in [-0.2, -0.15) is 0 Å². The Morgan fingerprint density at radius 3 is 2.07 bits per heavy atom. The Balaban J connectivity index is 1.32. The fraction of sp³-hybridized carbons (Fsp3) is 0.100. The molecule has 1 aromatic heterocycles. The van der Waals surface area contributed by atoms with E-state index < -0.39 is 0 Å². The van der Waals surface area contributed by atoms with Gasteiger partial charge in [0.2, 0.25) is 0 Å². The fourth-order valence-corrected chi connectivity index (χ4v) is 7.73. The van der Waals surface area contributed by atoms with Crippen LogP contribution in [0.25, 0.3) is 36.9 Å². The van der Waals surface area contributed by atoms with Crippen molar-refractivity contribution in [1.82, 2.24) is 0 Å². The Hall–Kier alpha value is -4.66. The predicted molar refractivity (Wildman–Crippen MR) is 184 cm³/mol. The summed E-state index contributed by atoms with van der Waals surface area (Å²) in [5.74, 6) is 0. The van der Waals surface area contributed by atoms with Crippen LogP contribution < -0.4 is 4.90 Å². The first-order chi connectivity index (χ1) is 20.6. The van der Waals surface area contributed by atoms with Gasteiger partial charge in [0.25, 0.3) is 0 Å². The molecule has 1 heterocycles. The van der Waals surface area contributed by atoms with Gasteiger partial charge in [0.1, 0.15) is 0 Å². The van der Waals surface area contributed by atoms with Gasteiger partial charge in [-0.3, -0.25) is 0 Å². The molecule has 2 heteroatoms. The number of thiophene rings is 1. The van der Waals surface area contributed by atoms with E-state index in [0.29, 0.717) is 0 Å². The van der Waals surface area contributed by atoms with E-state index in [9.17, 15) is 0 Å². The molecule has 1 nitrogen and oxygen atoms in total. The summed E-state index contributed by atoms with van der Waals surface area (Å²) in [6.45, 7) is 9.60. The van der Waals surface area contributed by atoms with Gasteiger partial charge < -0.3 is 4.90 Å². The van der Waals surface area contributed by atoms with Crippen molar-refractivity contribution in [2.45, 2.75) is 19.3 Å². The SMILES string of the molecule is C=C/C=C1\C(=C/CN(c2ccccc2)c2ccc(-c3ccccc3)cc2)C(C)(C)c2ccc3c(sc4ccccc43)c21.